The zero-order valence-corrected chi connectivity index (χ0v) is 69.2. The summed E-state index contributed by atoms with van der Waals surface area (Å²) < 4.78 is 78.4. The van der Waals surface area contributed by atoms with Gasteiger partial charge in [0.1, 0.15) is 17.9 Å². The fourth-order valence-corrected chi connectivity index (χ4v) is 14.9. The molecule has 1 saturated carbocycles. The van der Waals surface area contributed by atoms with E-state index in [2.05, 4.69) is 16.0 Å². The van der Waals surface area contributed by atoms with Crippen LogP contribution in [-0.2, 0) is 122 Å². The zero-order chi connectivity index (χ0) is 82.2. The van der Waals surface area contributed by atoms with Gasteiger partial charge in [-0.05, 0) is 92.4 Å². The van der Waals surface area contributed by atoms with Crippen LogP contribution in [0.5, 0.6) is 0 Å². The van der Waals surface area contributed by atoms with Gasteiger partial charge in [0.25, 0.3) is 11.8 Å². The van der Waals surface area contributed by atoms with Crippen LogP contribution in [-0.4, -0.2) is 308 Å². The Bertz CT molecular complexity index is 3140. The van der Waals surface area contributed by atoms with Gasteiger partial charge < -0.3 is 97.0 Å². The quantitative estimate of drug-likeness (QED) is 0.0490. The summed E-state index contributed by atoms with van der Waals surface area (Å²) in [5, 5.41) is 9.04. The van der Waals surface area contributed by atoms with E-state index < -0.39 is 48.2 Å². The second-order valence-electron chi connectivity index (χ2n) is 29.8. The molecule has 3 heterocycles. The number of rotatable bonds is 65. The topological polar surface area (TPSA) is 332 Å². The highest BCUT2D eigenvalue weighted by Crippen LogP contribution is 2.43. The van der Waals surface area contributed by atoms with E-state index in [1.54, 1.807) is 47.9 Å². The van der Waals surface area contributed by atoms with Crippen molar-refractivity contribution in [3.63, 3.8) is 0 Å². The standard InChI is InChI=1S/C84H133N7O23/c1-10-62(4)79(72(102-8)59-77(97)89-32-17-20-70(89)81(103-9)63(5)71(92)58-67(56-64-18-13-11-14-19-64)82(98)86-68-25-22-65(23-26-68)60-85-73(93)21-15-12-16-31-90-74(94)28-29-75(90)95)88(6)84(100)78(61(2)3)87-83(99)80-66-24-27-69(57-66)91(80)76(96)30-33-104-36-37-106-40-41-108-44-45-110-48-49-112-52-53-114-55-54-113-51-50-111-47-46-109-43-42-107-39-38-105-35-34-101-7/h11,13-14,18-19,22-23,25-26,28-29,61-63,66-67,69-70,72,78-81H,10,12,15-17,20-21,24,27,30-60H2,1-9H3,(H,85,93)(H,86,98)(H,87,99)/t62-,63-,66-,67+,69-,70-,72+,78-,79-,80-,81+/m0/s1. The molecule has 30 nitrogen and oxygen atoms in total. The highest BCUT2D eigenvalue weighted by Gasteiger charge is 2.52. The third kappa shape index (κ3) is 34.1. The molecule has 6 rings (SSSR count). The molecular weight excluding hydrogens is 1470 g/mol. The van der Waals surface area contributed by atoms with E-state index in [4.69, 9.17) is 66.3 Å². The number of likely N-dealkylation sites (tertiary alicyclic amines) is 2. The maximum absolute atomic E-state index is 15.0. The number of unbranched alkanes of at least 4 members (excludes halogenated alkanes) is 2. The van der Waals surface area contributed by atoms with Gasteiger partial charge in [0.05, 0.1) is 189 Å². The van der Waals surface area contributed by atoms with Gasteiger partial charge >= 0.3 is 0 Å². The first-order chi connectivity index (χ1) is 55.3. The van der Waals surface area contributed by atoms with Crippen LogP contribution in [0.25, 0.3) is 0 Å². The number of likely N-dealkylation sites (N-methyl/N-ethyl adjacent to an activating group) is 1. The summed E-state index contributed by atoms with van der Waals surface area (Å²) in [6.07, 6.45) is 7.63. The Labute approximate surface area is 675 Å². The van der Waals surface area contributed by atoms with Gasteiger partial charge in [-0.1, -0.05) is 89.9 Å². The minimum absolute atomic E-state index is 0.0495. The minimum Gasteiger partial charge on any atom is -0.382 e. The van der Waals surface area contributed by atoms with E-state index in [9.17, 15) is 43.2 Å². The van der Waals surface area contributed by atoms with Crippen molar-refractivity contribution in [2.75, 3.05) is 199 Å². The third-order valence-corrected chi connectivity index (χ3v) is 21.4. The molecule has 0 spiro atoms. The Morgan fingerprint density at radius 2 is 1.10 bits per heavy atom. The van der Waals surface area contributed by atoms with Crippen molar-refractivity contribution in [3.8, 4) is 0 Å². The normalized spacial score (nSPS) is 18.5. The highest BCUT2D eigenvalue weighted by atomic mass is 16.6. The molecule has 11 atom stereocenters. The lowest BCUT2D eigenvalue weighted by atomic mass is 9.85. The van der Waals surface area contributed by atoms with Crippen LogP contribution in [0.3, 0.4) is 0 Å². The second kappa shape index (κ2) is 55.8. The average molecular weight is 1610 g/mol. The number of anilines is 1. The van der Waals surface area contributed by atoms with Crippen LogP contribution >= 0.6 is 0 Å². The second-order valence-corrected chi connectivity index (χ2v) is 29.8. The van der Waals surface area contributed by atoms with Crippen molar-refractivity contribution in [3.05, 3.63) is 77.9 Å². The van der Waals surface area contributed by atoms with Crippen molar-refractivity contribution >= 4 is 58.7 Å². The summed E-state index contributed by atoms with van der Waals surface area (Å²) in [5.74, 6) is -4.40. The average Bonchev–Trinajstić information content (AvgIpc) is 1.61. The van der Waals surface area contributed by atoms with Crippen LogP contribution in [0.15, 0.2) is 66.7 Å². The molecule has 642 valence electrons. The number of carbonyl (C=O) groups is 9. The molecule has 3 fully saturated rings. The number of imide groups is 1. The van der Waals surface area contributed by atoms with Crippen molar-refractivity contribution in [2.24, 2.45) is 29.6 Å². The molecule has 3 aliphatic heterocycles. The molecule has 30 heteroatoms. The number of fused-ring (bicyclic) bond motifs is 2. The van der Waals surface area contributed by atoms with Gasteiger partial charge in [-0.2, -0.15) is 0 Å². The van der Waals surface area contributed by atoms with Crippen molar-refractivity contribution in [1.82, 2.24) is 30.2 Å². The molecule has 3 N–H and O–H groups in total. The molecule has 2 aromatic rings. The number of nitrogens with zero attached hydrogens (tertiary/aromatic N) is 4. The van der Waals surface area contributed by atoms with E-state index >= 15 is 0 Å². The molecule has 4 aliphatic rings. The van der Waals surface area contributed by atoms with Gasteiger partial charge in [0.15, 0.2) is 0 Å². The number of benzene rings is 2. The van der Waals surface area contributed by atoms with Crippen LogP contribution < -0.4 is 16.0 Å². The Morgan fingerprint density at radius 1 is 0.570 bits per heavy atom. The number of hydrogen-bond donors (Lipinski definition) is 3. The van der Waals surface area contributed by atoms with Crippen LogP contribution in [0, 0.1) is 29.6 Å². The van der Waals surface area contributed by atoms with Crippen molar-refractivity contribution in [2.45, 2.75) is 173 Å². The number of hydrogen-bond acceptors (Lipinski definition) is 23. The summed E-state index contributed by atoms with van der Waals surface area (Å²) in [6.45, 7) is 20.6. The van der Waals surface area contributed by atoms with Crippen LogP contribution in [0.2, 0.25) is 0 Å². The third-order valence-electron chi connectivity index (χ3n) is 21.4. The summed E-state index contributed by atoms with van der Waals surface area (Å²) in [6, 6.07) is 13.8. The van der Waals surface area contributed by atoms with E-state index in [-0.39, 0.29) is 116 Å². The predicted octanol–water partition coefficient (Wildman–Crippen LogP) is 6.20. The lowest BCUT2D eigenvalue weighted by Gasteiger charge is -2.41. The summed E-state index contributed by atoms with van der Waals surface area (Å²) in [5.41, 5.74) is 2.23. The van der Waals surface area contributed by atoms with Gasteiger partial charge in [-0.3, -0.25) is 48.1 Å². The molecule has 8 amide bonds. The number of Topliss-reactive ketones (excluding diaryl/α,β-unsaturated/α-hetero) is 1. The molecule has 1 aliphatic carbocycles. The van der Waals surface area contributed by atoms with Gasteiger partial charge in [-0.25, -0.2) is 0 Å². The monoisotopic (exact) mass is 1610 g/mol. The van der Waals surface area contributed by atoms with Crippen LogP contribution in [0.1, 0.15) is 129 Å². The molecule has 0 unspecified atom stereocenters. The van der Waals surface area contributed by atoms with Crippen molar-refractivity contribution < 1.29 is 109 Å². The largest absolute Gasteiger partial charge is 0.382 e. The minimum atomic E-state index is -0.955. The summed E-state index contributed by atoms with van der Waals surface area (Å²) in [4.78, 5) is 130. The van der Waals surface area contributed by atoms with E-state index in [0.717, 1.165) is 24.0 Å². The van der Waals surface area contributed by atoms with Gasteiger partial charge in [0, 0.05) is 96.6 Å². The molecule has 114 heavy (non-hydrogen) atoms. The predicted molar refractivity (Wildman–Crippen MR) is 425 cm³/mol. The summed E-state index contributed by atoms with van der Waals surface area (Å²) in [7, 11) is 6.40. The molecular formula is C84H133N7O23. The first kappa shape index (κ1) is 96.1. The number of nitrogens with one attached hydrogen (secondary N) is 3. The Balaban J connectivity index is 0.863. The first-order valence-corrected chi connectivity index (χ1v) is 41.2. The van der Waals surface area contributed by atoms with Crippen molar-refractivity contribution in [1.29, 1.82) is 0 Å². The maximum Gasteiger partial charge on any atom is 0.253 e. The number of ketones is 1. The molecule has 2 saturated heterocycles. The smallest absolute Gasteiger partial charge is 0.253 e. The number of carbonyl (C=O) groups excluding carboxylic acids is 9. The highest BCUT2D eigenvalue weighted by molar-refractivity contribution is 6.12. The first-order valence-electron chi connectivity index (χ1n) is 41.2. The Hall–Kier alpha value is -6.75. The molecule has 2 bridgehead atoms. The van der Waals surface area contributed by atoms with E-state index in [0.29, 0.717) is 215 Å². The number of methoxy groups -OCH3 is 3. The Morgan fingerprint density at radius 3 is 1.60 bits per heavy atom. The fraction of sp³-hybridized carbons (Fsp3) is 0.726. The number of amides is 8. The Kier molecular flexibility index (Phi) is 47.0. The van der Waals surface area contributed by atoms with E-state index in [1.165, 1.54) is 31.3 Å². The van der Waals surface area contributed by atoms with Crippen LogP contribution in [0.4, 0.5) is 5.69 Å². The maximum atomic E-state index is 15.0. The lowest BCUT2D eigenvalue weighted by molar-refractivity contribution is -0.149. The zero-order valence-electron chi connectivity index (χ0n) is 69.2. The SMILES string of the molecule is CC[C@H](C)[C@@H]([C@@H](CC(=O)N1CCC[C@H]1[C@H](OC)[C@@H](C)C(=O)C[C@@H](Cc1ccccc1)C(=O)Nc1ccc(CNC(=O)CCCCCN2C(=O)C=CC2=O)cc1)OC)N(C)C(=O)[C@@H](NC(=O)[C@@H]1[C@H]2CC[C@@H](C2)N1C(=O)CCOCCOCCOCCOCCOCCOCCOCCOCCOCCOCCOCCOC)C(C)C. The van der Waals surface area contributed by atoms with Gasteiger partial charge in [0.2, 0.25) is 35.4 Å². The molecule has 0 radical (unpaired) electrons. The van der Waals surface area contributed by atoms with E-state index in [1.807, 2.05) is 70.2 Å². The summed E-state index contributed by atoms with van der Waals surface area (Å²) >= 11 is 0. The number of piperidine rings is 1. The number of ether oxygens (including phenoxy) is 14. The molecule has 0 aromatic heterocycles. The molecule has 2 aromatic carbocycles. The van der Waals surface area contributed by atoms with Gasteiger partial charge in [-0.15, -0.1) is 0 Å². The fourth-order valence-electron chi connectivity index (χ4n) is 14.9. The lowest BCUT2D eigenvalue weighted by Crippen LogP contribution is -2.60.